The van der Waals surface area contributed by atoms with Crippen LogP contribution in [0.4, 0.5) is 0 Å². The highest BCUT2D eigenvalue weighted by atomic mass is 16.5. The number of fused-ring (bicyclic) bond motifs is 1. The fraction of sp³-hybridized carbons (Fsp3) is 0.500. The van der Waals surface area contributed by atoms with E-state index >= 15 is 0 Å². The minimum Gasteiger partial charge on any atom is -0.497 e. The Morgan fingerprint density at radius 3 is 2.33 bits per heavy atom. The Labute approximate surface area is 141 Å². The van der Waals surface area contributed by atoms with E-state index in [2.05, 4.69) is 0 Å². The lowest BCUT2D eigenvalue weighted by molar-refractivity contribution is -0.158. The number of carbonyl (C=O) groups is 3. The molecule has 0 N–H and O–H groups in total. The highest BCUT2D eigenvalue weighted by molar-refractivity contribution is 6.38. The van der Waals surface area contributed by atoms with E-state index in [9.17, 15) is 14.4 Å². The second kappa shape index (κ2) is 6.63. The van der Waals surface area contributed by atoms with Crippen LogP contribution in [-0.2, 0) is 32.1 Å². The first-order valence-electron chi connectivity index (χ1n) is 7.78. The highest BCUT2D eigenvalue weighted by Gasteiger charge is 2.40. The third kappa shape index (κ3) is 3.42. The smallest absolute Gasteiger partial charge is 0.328 e. The average molecular weight is 333 g/mol. The van der Waals surface area contributed by atoms with Gasteiger partial charge in [0.25, 0.3) is 5.91 Å². The molecule has 0 bridgehead atoms. The quantitative estimate of drug-likeness (QED) is 0.622. The fourth-order valence-electron chi connectivity index (χ4n) is 2.70. The minimum atomic E-state index is -0.813. The van der Waals surface area contributed by atoms with Gasteiger partial charge >= 0.3 is 5.97 Å². The molecule has 0 aliphatic carbocycles. The van der Waals surface area contributed by atoms with Gasteiger partial charge in [0, 0.05) is 18.4 Å². The van der Waals surface area contributed by atoms with E-state index in [1.807, 2.05) is 18.2 Å². The van der Waals surface area contributed by atoms with E-state index in [0.717, 1.165) is 11.1 Å². The summed E-state index contributed by atoms with van der Waals surface area (Å²) in [6.45, 7) is 5.22. The van der Waals surface area contributed by atoms with Crippen molar-refractivity contribution in [1.29, 1.82) is 0 Å². The monoisotopic (exact) mass is 333 g/mol. The maximum absolute atomic E-state index is 12.7. The van der Waals surface area contributed by atoms with E-state index in [1.165, 1.54) is 12.0 Å². The number of amides is 1. The van der Waals surface area contributed by atoms with Crippen LogP contribution in [0.15, 0.2) is 18.2 Å². The number of nitrogens with zero attached hydrogens (tertiary/aromatic N) is 1. The number of hydrogen-bond acceptors (Lipinski definition) is 5. The summed E-state index contributed by atoms with van der Waals surface area (Å²) in [6.07, 6.45) is 0.315. The van der Waals surface area contributed by atoms with Crippen molar-refractivity contribution < 1.29 is 23.9 Å². The maximum Gasteiger partial charge on any atom is 0.328 e. The molecular weight excluding hydrogens is 310 g/mol. The number of benzene rings is 1. The summed E-state index contributed by atoms with van der Waals surface area (Å²) in [5.41, 5.74) is 0.995. The SMILES string of the molecule is COC(=O)C1Cc2ccc(OC)cc2CN1C(=O)C(=O)C(C)(C)C. The number of ketones is 1. The van der Waals surface area contributed by atoms with Crippen molar-refractivity contribution in [3.63, 3.8) is 0 Å². The lowest BCUT2D eigenvalue weighted by atomic mass is 9.88. The number of esters is 1. The normalized spacial score (nSPS) is 17.0. The Bertz CT molecular complexity index is 674. The first-order chi connectivity index (χ1) is 11.2. The van der Waals surface area contributed by atoms with Gasteiger partial charge in [-0.15, -0.1) is 0 Å². The third-order valence-electron chi connectivity index (χ3n) is 4.15. The van der Waals surface area contributed by atoms with Gasteiger partial charge in [-0.25, -0.2) is 4.79 Å². The standard InChI is InChI=1S/C18H23NO5/c1-18(2,3)15(20)16(21)19-10-12-8-13(23-4)7-6-11(12)9-14(19)17(22)24-5/h6-8,14H,9-10H2,1-5H3. The summed E-state index contributed by atoms with van der Waals surface area (Å²) in [6, 6.07) is 4.71. The number of rotatable bonds is 3. The Morgan fingerprint density at radius 1 is 1.12 bits per heavy atom. The van der Waals surface area contributed by atoms with Gasteiger partial charge < -0.3 is 14.4 Å². The van der Waals surface area contributed by atoms with E-state index < -0.39 is 29.1 Å². The van der Waals surface area contributed by atoms with Crippen LogP contribution < -0.4 is 4.74 Å². The van der Waals surface area contributed by atoms with Gasteiger partial charge in [-0.2, -0.15) is 0 Å². The number of carbonyl (C=O) groups excluding carboxylic acids is 3. The van der Waals surface area contributed by atoms with Gasteiger partial charge in [-0.05, 0) is 23.3 Å². The lowest BCUT2D eigenvalue weighted by Gasteiger charge is -2.36. The molecule has 24 heavy (non-hydrogen) atoms. The van der Waals surface area contributed by atoms with Gasteiger partial charge in [-0.3, -0.25) is 9.59 Å². The van der Waals surface area contributed by atoms with Crippen LogP contribution in [-0.4, -0.2) is 42.8 Å². The summed E-state index contributed by atoms with van der Waals surface area (Å²) < 4.78 is 10.0. The molecule has 0 saturated carbocycles. The first-order valence-corrected chi connectivity index (χ1v) is 7.78. The van der Waals surface area contributed by atoms with E-state index in [0.29, 0.717) is 12.2 Å². The zero-order valence-electron chi connectivity index (χ0n) is 14.7. The molecule has 1 unspecified atom stereocenters. The molecule has 1 aliphatic rings. The molecule has 130 valence electrons. The van der Waals surface area contributed by atoms with E-state index in [1.54, 1.807) is 27.9 Å². The van der Waals surface area contributed by atoms with Gasteiger partial charge in [-0.1, -0.05) is 26.8 Å². The van der Waals surface area contributed by atoms with Crippen molar-refractivity contribution in [3.05, 3.63) is 29.3 Å². The molecule has 0 radical (unpaired) electrons. The molecule has 1 heterocycles. The van der Waals surface area contributed by atoms with Crippen LogP contribution in [0, 0.1) is 5.41 Å². The summed E-state index contributed by atoms with van der Waals surface area (Å²) >= 11 is 0. The molecule has 1 aromatic carbocycles. The molecule has 6 nitrogen and oxygen atoms in total. The number of hydrogen-bond donors (Lipinski definition) is 0. The van der Waals surface area contributed by atoms with E-state index in [-0.39, 0.29) is 6.54 Å². The number of methoxy groups -OCH3 is 2. The summed E-state index contributed by atoms with van der Waals surface area (Å²) in [5.74, 6) is -1.04. The number of Topliss-reactive ketones (excluding diaryl/α,β-unsaturated/α-hetero) is 1. The molecule has 1 atom stereocenters. The maximum atomic E-state index is 12.7. The van der Waals surface area contributed by atoms with Crippen molar-refractivity contribution in [2.45, 2.75) is 39.8 Å². The van der Waals surface area contributed by atoms with Crippen molar-refractivity contribution >= 4 is 17.7 Å². The molecule has 1 aliphatic heterocycles. The molecule has 2 rings (SSSR count). The second-order valence-corrected chi connectivity index (χ2v) is 6.89. The molecule has 0 aromatic heterocycles. The zero-order valence-corrected chi connectivity index (χ0v) is 14.7. The van der Waals surface area contributed by atoms with Crippen LogP contribution in [0.3, 0.4) is 0 Å². The van der Waals surface area contributed by atoms with Crippen LogP contribution in [0.25, 0.3) is 0 Å². The third-order valence-corrected chi connectivity index (χ3v) is 4.15. The van der Waals surface area contributed by atoms with Gasteiger partial charge in [0.2, 0.25) is 5.78 Å². The molecule has 6 heteroatoms. The molecule has 0 saturated heterocycles. The fourth-order valence-corrected chi connectivity index (χ4v) is 2.70. The van der Waals surface area contributed by atoms with Crippen molar-refractivity contribution in [2.75, 3.05) is 14.2 Å². The lowest BCUT2D eigenvalue weighted by Crippen LogP contribution is -2.53. The zero-order chi connectivity index (χ0) is 18.1. The highest BCUT2D eigenvalue weighted by Crippen LogP contribution is 2.29. The van der Waals surface area contributed by atoms with Crippen molar-refractivity contribution in [3.8, 4) is 5.75 Å². The largest absolute Gasteiger partial charge is 0.497 e. The minimum absolute atomic E-state index is 0.174. The van der Waals surface area contributed by atoms with Crippen LogP contribution in [0.1, 0.15) is 31.9 Å². The Morgan fingerprint density at radius 2 is 1.79 bits per heavy atom. The summed E-state index contributed by atoms with van der Waals surface area (Å²) in [5, 5.41) is 0. The van der Waals surface area contributed by atoms with Crippen LogP contribution in [0.5, 0.6) is 5.75 Å². The Hall–Kier alpha value is -2.37. The summed E-state index contributed by atoms with van der Waals surface area (Å²) in [4.78, 5) is 38.5. The second-order valence-electron chi connectivity index (χ2n) is 6.89. The molecule has 1 amide bonds. The predicted molar refractivity (Wildman–Crippen MR) is 87.5 cm³/mol. The van der Waals surface area contributed by atoms with Crippen LogP contribution >= 0.6 is 0 Å². The molecule has 1 aromatic rings. The van der Waals surface area contributed by atoms with Crippen molar-refractivity contribution in [2.24, 2.45) is 5.41 Å². The molecule has 0 fully saturated rings. The average Bonchev–Trinajstić information content (AvgIpc) is 2.57. The van der Waals surface area contributed by atoms with E-state index in [4.69, 9.17) is 9.47 Å². The topological polar surface area (TPSA) is 72.9 Å². The Balaban J connectivity index is 2.40. The van der Waals surface area contributed by atoms with Gasteiger partial charge in [0.15, 0.2) is 0 Å². The first kappa shape index (κ1) is 18.0. The van der Waals surface area contributed by atoms with Crippen molar-refractivity contribution in [1.82, 2.24) is 4.90 Å². The van der Waals surface area contributed by atoms with Gasteiger partial charge in [0.05, 0.1) is 14.2 Å². The van der Waals surface area contributed by atoms with Gasteiger partial charge in [0.1, 0.15) is 11.8 Å². The predicted octanol–water partition coefficient (Wildman–Crippen LogP) is 1.74. The summed E-state index contributed by atoms with van der Waals surface area (Å²) in [7, 11) is 2.84. The number of ether oxygens (including phenoxy) is 2. The molecule has 0 spiro atoms. The van der Waals surface area contributed by atoms with Crippen LogP contribution in [0.2, 0.25) is 0 Å². The Kier molecular flexibility index (Phi) is 4.96. The molecular formula is C18H23NO5.